The van der Waals surface area contributed by atoms with Crippen LogP contribution in [0.1, 0.15) is 26.3 Å². The minimum atomic E-state index is -6.09. The van der Waals surface area contributed by atoms with Crippen molar-refractivity contribution in [3.63, 3.8) is 0 Å². The minimum absolute atomic E-state index is 0.0419. The number of benzene rings is 5. The van der Waals surface area contributed by atoms with Crippen LogP contribution in [0.3, 0.4) is 0 Å². The Morgan fingerprint density at radius 3 is 1.61 bits per heavy atom. The zero-order chi connectivity index (χ0) is 41.1. The van der Waals surface area contributed by atoms with Crippen molar-refractivity contribution in [3.05, 3.63) is 182 Å². The summed E-state index contributed by atoms with van der Waals surface area (Å²) in [5, 5.41) is 5.38. The SMILES string of the molecule is C/C=C\[C@@H]1C=CC=CN1C(=N[C@H](COC)C(C)C)c1ccc(-c2ccc([P+](c3ccccc3)(c3ccccc3)c3ccccc3)cc2)cc1.O=S(=O)([O-])C(F)(F)F. The third kappa shape index (κ3) is 10.3. The van der Waals surface area contributed by atoms with E-state index in [1.807, 2.05) is 0 Å². The normalized spacial score (nSPS) is 15.4. The molecule has 0 aliphatic carbocycles. The number of nitrogens with zero attached hydrogens (tertiary/aromatic N) is 2. The number of hydrogen-bond donors (Lipinski definition) is 0. The maximum Gasteiger partial charge on any atom is 0.485 e. The van der Waals surface area contributed by atoms with Gasteiger partial charge in [-0.2, -0.15) is 13.2 Å². The van der Waals surface area contributed by atoms with Gasteiger partial charge in [0.1, 0.15) is 34.3 Å². The van der Waals surface area contributed by atoms with E-state index >= 15 is 0 Å². The lowest BCUT2D eigenvalue weighted by Crippen LogP contribution is -2.38. The van der Waals surface area contributed by atoms with Crippen molar-refractivity contribution < 1.29 is 30.9 Å². The molecule has 5 aromatic carbocycles. The van der Waals surface area contributed by atoms with Gasteiger partial charge in [0.15, 0.2) is 10.1 Å². The molecular formula is C46H46F3N2O4PS. The minimum Gasteiger partial charge on any atom is -0.741 e. The predicted octanol–water partition coefficient (Wildman–Crippen LogP) is 8.77. The molecule has 0 amide bonds. The number of allylic oxidation sites excluding steroid dienone is 3. The molecule has 296 valence electrons. The highest BCUT2D eigenvalue weighted by molar-refractivity contribution is 8.01. The predicted molar refractivity (Wildman–Crippen MR) is 228 cm³/mol. The van der Waals surface area contributed by atoms with E-state index in [2.05, 4.69) is 202 Å². The summed E-state index contributed by atoms with van der Waals surface area (Å²) in [5.74, 6) is 1.29. The summed E-state index contributed by atoms with van der Waals surface area (Å²) in [5.41, 5.74) is -2.20. The van der Waals surface area contributed by atoms with Crippen LogP contribution >= 0.6 is 7.26 Å². The molecule has 0 N–H and O–H groups in total. The lowest BCUT2D eigenvalue weighted by atomic mass is 10.0. The number of hydrogen-bond acceptors (Lipinski definition) is 5. The molecule has 6 nitrogen and oxygen atoms in total. The molecule has 1 heterocycles. The van der Waals surface area contributed by atoms with E-state index in [0.717, 1.165) is 11.4 Å². The molecule has 0 unspecified atom stereocenters. The molecule has 6 rings (SSSR count). The van der Waals surface area contributed by atoms with Gasteiger partial charge in [0.2, 0.25) is 0 Å². The van der Waals surface area contributed by atoms with Gasteiger partial charge in [0.05, 0.1) is 18.7 Å². The highest BCUT2D eigenvalue weighted by Crippen LogP contribution is 2.54. The van der Waals surface area contributed by atoms with E-state index in [4.69, 9.17) is 22.7 Å². The van der Waals surface area contributed by atoms with E-state index in [1.54, 1.807) is 7.11 Å². The molecule has 5 aromatic rings. The van der Waals surface area contributed by atoms with Crippen molar-refractivity contribution in [1.82, 2.24) is 4.90 Å². The largest absolute Gasteiger partial charge is 0.741 e. The molecular weight excluding hydrogens is 765 g/mol. The Kier molecular flexibility index (Phi) is 14.6. The first-order valence-electron chi connectivity index (χ1n) is 18.4. The van der Waals surface area contributed by atoms with Crippen molar-refractivity contribution in [3.8, 4) is 11.1 Å². The Labute approximate surface area is 334 Å². The van der Waals surface area contributed by atoms with E-state index in [0.29, 0.717) is 12.5 Å². The summed E-state index contributed by atoms with van der Waals surface area (Å²) < 4.78 is 64.5. The first kappa shape index (κ1) is 43.0. The monoisotopic (exact) mass is 810 g/mol. The van der Waals surface area contributed by atoms with Crippen LogP contribution in [0.5, 0.6) is 0 Å². The fourth-order valence-electron chi connectivity index (χ4n) is 6.61. The number of methoxy groups -OCH3 is 1. The average Bonchev–Trinajstić information content (AvgIpc) is 3.21. The lowest BCUT2D eigenvalue weighted by Gasteiger charge is -2.31. The quantitative estimate of drug-likeness (QED) is 0.0333. The van der Waals surface area contributed by atoms with Crippen LogP contribution in [0.15, 0.2) is 181 Å². The topological polar surface area (TPSA) is 82.0 Å². The van der Waals surface area contributed by atoms with Crippen molar-refractivity contribution >= 4 is 44.4 Å². The second kappa shape index (κ2) is 19.4. The van der Waals surface area contributed by atoms with Crippen LogP contribution in [0.2, 0.25) is 0 Å². The number of halogens is 3. The highest BCUT2D eigenvalue weighted by Gasteiger charge is 2.47. The number of amidine groups is 1. The van der Waals surface area contributed by atoms with Crippen molar-refractivity contribution in [2.24, 2.45) is 10.9 Å². The van der Waals surface area contributed by atoms with Gasteiger partial charge >= 0.3 is 5.51 Å². The van der Waals surface area contributed by atoms with Gasteiger partial charge in [-0.05, 0) is 78.6 Å². The summed E-state index contributed by atoms with van der Waals surface area (Å²) in [6, 6.07) is 51.4. The van der Waals surface area contributed by atoms with Gasteiger partial charge < -0.3 is 14.2 Å². The molecule has 0 radical (unpaired) electrons. The Morgan fingerprint density at radius 2 is 1.21 bits per heavy atom. The van der Waals surface area contributed by atoms with Crippen LogP contribution in [-0.2, 0) is 14.9 Å². The van der Waals surface area contributed by atoms with E-state index in [9.17, 15) is 13.2 Å². The van der Waals surface area contributed by atoms with Crippen molar-refractivity contribution in [2.75, 3.05) is 13.7 Å². The molecule has 0 aromatic heterocycles. The van der Waals surface area contributed by atoms with Crippen molar-refractivity contribution in [1.29, 1.82) is 0 Å². The van der Waals surface area contributed by atoms with E-state index in [-0.39, 0.29) is 12.1 Å². The number of ether oxygens (including phenoxy) is 1. The van der Waals surface area contributed by atoms with Gasteiger partial charge in [-0.15, -0.1) is 0 Å². The van der Waals surface area contributed by atoms with Gasteiger partial charge in [-0.1, -0.05) is 129 Å². The summed E-state index contributed by atoms with van der Waals surface area (Å²) >= 11 is 0. The molecule has 2 atom stereocenters. The second-order valence-corrected chi connectivity index (χ2v) is 18.3. The van der Waals surface area contributed by atoms with Crippen LogP contribution in [-0.4, -0.2) is 55.0 Å². The molecule has 11 heteroatoms. The first-order valence-corrected chi connectivity index (χ1v) is 21.6. The fourth-order valence-corrected chi connectivity index (χ4v) is 10.9. The number of aliphatic imine (C=N–C) groups is 1. The summed E-state index contributed by atoms with van der Waals surface area (Å²) in [7, 11) is -6.48. The third-order valence-corrected chi connectivity index (χ3v) is 14.3. The lowest BCUT2D eigenvalue weighted by molar-refractivity contribution is -0.0517. The summed E-state index contributed by atoms with van der Waals surface area (Å²) in [4.78, 5) is 7.58. The van der Waals surface area contributed by atoms with Crippen LogP contribution < -0.4 is 21.2 Å². The zero-order valence-corrected chi connectivity index (χ0v) is 33.9. The van der Waals surface area contributed by atoms with Gasteiger partial charge in [-0.3, -0.25) is 4.99 Å². The highest BCUT2D eigenvalue weighted by atomic mass is 32.2. The van der Waals surface area contributed by atoms with E-state index in [1.165, 1.54) is 32.3 Å². The Morgan fingerprint density at radius 1 is 0.772 bits per heavy atom. The van der Waals surface area contributed by atoms with E-state index < -0.39 is 22.9 Å². The second-order valence-electron chi connectivity index (χ2n) is 13.6. The number of alkyl halides is 3. The van der Waals surface area contributed by atoms with Crippen LogP contribution in [0.25, 0.3) is 11.1 Å². The third-order valence-electron chi connectivity index (χ3n) is 9.46. The fraction of sp³-hybridized carbons (Fsp3) is 0.196. The zero-order valence-electron chi connectivity index (χ0n) is 32.2. The van der Waals surface area contributed by atoms with Gasteiger partial charge in [0.25, 0.3) is 0 Å². The standard InChI is InChI=1S/C45H46N2OP.CHF3O3S/c1-5-17-39-18-15-16-33-47(39)45(46-44(34-48-4)35(2)3)38-27-25-36(26-28-38)37-29-31-43(32-30-37)49(40-19-9-6-10-20-40,41-21-11-7-12-22-41)42-23-13-8-14-24-42;2-1(3,4)8(5,6)7/h5-33,35,39,44H,34H2,1-4H3;(H,5,6,7)/q+1;/p-1/b17-5-,46-45?;/t39-,44-;/m1./s1. The van der Waals surface area contributed by atoms with Gasteiger partial charge in [-0.25, -0.2) is 8.42 Å². The Bertz CT molecular complexity index is 2170. The van der Waals surface area contributed by atoms with Crippen LogP contribution in [0, 0.1) is 5.92 Å². The maximum absolute atomic E-state index is 10.7. The first-order chi connectivity index (χ1) is 27.3. The molecule has 1 aliphatic heterocycles. The molecule has 0 bridgehead atoms. The molecule has 57 heavy (non-hydrogen) atoms. The molecule has 0 spiro atoms. The molecule has 0 saturated heterocycles. The molecule has 1 aliphatic rings. The summed E-state index contributed by atoms with van der Waals surface area (Å²) in [6.45, 7) is 7.05. The maximum atomic E-state index is 10.7. The Balaban J connectivity index is 0.000000701. The van der Waals surface area contributed by atoms with Gasteiger partial charge in [0, 0.05) is 18.9 Å². The molecule has 0 fully saturated rings. The average molecular weight is 811 g/mol. The Hall–Kier alpha value is -5.12. The smallest absolute Gasteiger partial charge is 0.485 e. The number of rotatable bonds is 11. The molecule has 0 saturated carbocycles. The summed E-state index contributed by atoms with van der Waals surface area (Å²) in [6.07, 6.45) is 12.8. The van der Waals surface area contributed by atoms with Crippen molar-refractivity contribution in [2.45, 2.75) is 38.4 Å². The van der Waals surface area contributed by atoms with Crippen LogP contribution in [0.4, 0.5) is 13.2 Å².